The smallest absolute Gasteiger partial charge is 0.287 e. The molecule has 0 radical (unpaired) electrons. The highest BCUT2D eigenvalue weighted by atomic mass is 35.5. The summed E-state index contributed by atoms with van der Waals surface area (Å²) < 4.78 is 5.53. The second kappa shape index (κ2) is 9.11. The van der Waals surface area contributed by atoms with Crippen LogP contribution in [0.5, 0.6) is 0 Å². The number of non-ortho nitro benzene ring substituents is 1. The summed E-state index contributed by atoms with van der Waals surface area (Å²) in [6, 6.07) is 12.7. The highest BCUT2D eigenvalue weighted by Gasteiger charge is 2.22. The van der Waals surface area contributed by atoms with Gasteiger partial charge in [-0.15, -0.1) is 0 Å². The van der Waals surface area contributed by atoms with Crippen LogP contribution in [-0.4, -0.2) is 15.8 Å². The zero-order chi connectivity index (χ0) is 23.4. The molecule has 11 heteroatoms. The van der Waals surface area contributed by atoms with E-state index in [-0.39, 0.29) is 22.7 Å². The molecule has 2 aromatic carbocycles. The molecule has 0 unspecified atom stereocenters. The topological polar surface area (TPSA) is 152 Å². The minimum absolute atomic E-state index is 0.0118. The molecule has 3 rings (SSSR count). The standard InChI is InChI=1S/C21H13ClN4O6/c1-12-17(22)3-2-4-18(12)24-21(27)13(11-23)9-15-6-8-20(32-15)16-7-5-14(25(28)29)10-19(16)26(30)31/h2-10H,1H3,(H,24,27)/b13-9-. The molecule has 1 aromatic heterocycles. The summed E-state index contributed by atoms with van der Waals surface area (Å²) in [6.07, 6.45) is 1.18. The minimum atomic E-state index is -0.762. The van der Waals surface area contributed by atoms with Crippen LogP contribution in [0, 0.1) is 38.5 Å². The highest BCUT2D eigenvalue weighted by Crippen LogP contribution is 2.34. The second-order valence-corrected chi connectivity index (χ2v) is 6.86. The van der Waals surface area contributed by atoms with Gasteiger partial charge in [0.1, 0.15) is 23.2 Å². The number of nitrogens with one attached hydrogen (secondary N) is 1. The minimum Gasteiger partial charge on any atom is -0.456 e. The number of furan rings is 1. The molecule has 0 aliphatic carbocycles. The molecule has 0 saturated heterocycles. The van der Waals surface area contributed by atoms with Crippen LogP contribution in [0.2, 0.25) is 5.02 Å². The summed E-state index contributed by atoms with van der Waals surface area (Å²) in [5.41, 5.74) is -0.150. The van der Waals surface area contributed by atoms with Crippen molar-refractivity contribution in [2.24, 2.45) is 0 Å². The highest BCUT2D eigenvalue weighted by molar-refractivity contribution is 6.31. The van der Waals surface area contributed by atoms with Gasteiger partial charge in [-0.3, -0.25) is 25.0 Å². The Morgan fingerprint density at radius 3 is 2.56 bits per heavy atom. The Balaban J connectivity index is 1.91. The van der Waals surface area contributed by atoms with Gasteiger partial charge in [0.25, 0.3) is 17.3 Å². The van der Waals surface area contributed by atoms with Crippen molar-refractivity contribution in [3.63, 3.8) is 0 Å². The average molecular weight is 453 g/mol. The number of benzene rings is 2. The molecule has 3 aromatic rings. The number of hydrogen-bond acceptors (Lipinski definition) is 7. The first-order chi connectivity index (χ1) is 15.2. The number of halogens is 1. The first kappa shape index (κ1) is 22.2. The van der Waals surface area contributed by atoms with E-state index < -0.39 is 27.1 Å². The third-order valence-corrected chi connectivity index (χ3v) is 4.86. The molecule has 1 heterocycles. The Bertz CT molecular complexity index is 1320. The van der Waals surface area contributed by atoms with Crippen LogP contribution >= 0.6 is 11.6 Å². The van der Waals surface area contributed by atoms with Gasteiger partial charge in [-0.2, -0.15) is 5.26 Å². The number of rotatable bonds is 6. The van der Waals surface area contributed by atoms with Gasteiger partial charge in [-0.1, -0.05) is 17.7 Å². The number of carbonyl (C=O) groups excluding carboxylic acids is 1. The van der Waals surface area contributed by atoms with E-state index in [0.717, 1.165) is 12.1 Å². The van der Waals surface area contributed by atoms with Crippen LogP contribution in [0.3, 0.4) is 0 Å². The van der Waals surface area contributed by atoms with Gasteiger partial charge in [-0.25, -0.2) is 0 Å². The molecular weight excluding hydrogens is 440 g/mol. The van der Waals surface area contributed by atoms with E-state index in [4.69, 9.17) is 16.0 Å². The van der Waals surface area contributed by atoms with Gasteiger partial charge < -0.3 is 9.73 Å². The number of nitro groups is 2. The Labute approximate surface area is 185 Å². The predicted octanol–water partition coefficient (Wildman–Crippen LogP) is 5.27. The van der Waals surface area contributed by atoms with E-state index >= 15 is 0 Å². The molecule has 32 heavy (non-hydrogen) atoms. The second-order valence-electron chi connectivity index (χ2n) is 6.45. The normalized spacial score (nSPS) is 11.0. The van der Waals surface area contributed by atoms with Crippen LogP contribution in [0.25, 0.3) is 17.4 Å². The Morgan fingerprint density at radius 2 is 1.91 bits per heavy atom. The lowest BCUT2D eigenvalue weighted by Gasteiger charge is -2.08. The van der Waals surface area contributed by atoms with Crippen molar-refractivity contribution < 1.29 is 19.1 Å². The zero-order valence-electron chi connectivity index (χ0n) is 16.4. The van der Waals surface area contributed by atoms with Crippen molar-refractivity contribution in [1.29, 1.82) is 5.26 Å². The fraction of sp³-hybridized carbons (Fsp3) is 0.0476. The fourth-order valence-corrected chi connectivity index (χ4v) is 2.97. The zero-order valence-corrected chi connectivity index (χ0v) is 17.1. The fourth-order valence-electron chi connectivity index (χ4n) is 2.79. The van der Waals surface area contributed by atoms with E-state index in [2.05, 4.69) is 5.32 Å². The summed E-state index contributed by atoms with van der Waals surface area (Å²) in [6.45, 7) is 1.71. The number of amides is 1. The third kappa shape index (κ3) is 4.63. The molecule has 0 aliphatic heterocycles. The number of hydrogen-bond donors (Lipinski definition) is 1. The van der Waals surface area contributed by atoms with E-state index in [1.807, 2.05) is 0 Å². The van der Waals surface area contributed by atoms with Crippen molar-refractivity contribution in [3.05, 3.63) is 90.7 Å². The van der Waals surface area contributed by atoms with E-state index in [0.29, 0.717) is 16.3 Å². The molecule has 0 fully saturated rings. The van der Waals surface area contributed by atoms with Crippen molar-refractivity contribution >= 4 is 40.6 Å². The summed E-state index contributed by atoms with van der Waals surface area (Å²) in [4.78, 5) is 33.2. The molecule has 1 N–H and O–H groups in total. The Kier molecular flexibility index (Phi) is 6.32. The van der Waals surface area contributed by atoms with Crippen molar-refractivity contribution in [3.8, 4) is 17.4 Å². The Morgan fingerprint density at radius 1 is 1.16 bits per heavy atom. The molecular formula is C21H13ClN4O6. The maximum absolute atomic E-state index is 12.5. The quantitative estimate of drug-likeness (QED) is 0.231. The molecule has 160 valence electrons. The van der Waals surface area contributed by atoms with Crippen molar-refractivity contribution in [2.45, 2.75) is 6.92 Å². The summed E-state index contributed by atoms with van der Waals surface area (Å²) in [5, 5.41) is 34.7. The first-order valence-corrected chi connectivity index (χ1v) is 9.30. The lowest BCUT2D eigenvalue weighted by atomic mass is 10.1. The number of nitrogens with zero attached hydrogens (tertiary/aromatic N) is 3. The molecule has 0 aliphatic rings. The van der Waals surface area contributed by atoms with Gasteiger partial charge in [0.2, 0.25) is 0 Å². The summed E-state index contributed by atoms with van der Waals surface area (Å²) >= 11 is 6.03. The SMILES string of the molecule is Cc1c(Cl)cccc1NC(=O)/C(C#N)=C\c1ccc(-c2ccc([N+](=O)[O-])cc2[N+](=O)[O-])o1. The molecule has 10 nitrogen and oxygen atoms in total. The first-order valence-electron chi connectivity index (χ1n) is 8.92. The number of nitriles is 1. The summed E-state index contributed by atoms with van der Waals surface area (Å²) in [5.74, 6) is -0.569. The average Bonchev–Trinajstić information content (AvgIpc) is 3.23. The van der Waals surface area contributed by atoms with Gasteiger partial charge in [0.05, 0.1) is 21.5 Å². The molecule has 0 spiro atoms. The predicted molar refractivity (Wildman–Crippen MR) is 116 cm³/mol. The maximum atomic E-state index is 12.5. The Hall–Kier alpha value is -4.49. The van der Waals surface area contributed by atoms with Crippen LogP contribution < -0.4 is 5.32 Å². The third-order valence-electron chi connectivity index (χ3n) is 4.45. The van der Waals surface area contributed by atoms with Gasteiger partial charge >= 0.3 is 0 Å². The van der Waals surface area contributed by atoms with Crippen molar-refractivity contribution in [1.82, 2.24) is 0 Å². The van der Waals surface area contributed by atoms with Crippen LogP contribution in [-0.2, 0) is 4.79 Å². The molecule has 0 bridgehead atoms. The van der Waals surface area contributed by atoms with Gasteiger partial charge in [0, 0.05) is 22.9 Å². The van der Waals surface area contributed by atoms with Gasteiger partial charge in [0.15, 0.2) is 0 Å². The molecule has 1 amide bonds. The van der Waals surface area contributed by atoms with Crippen LogP contribution in [0.1, 0.15) is 11.3 Å². The van der Waals surface area contributed by atoms with E-state index in [1.54, 1.807) is 31.2 Å². The lowest BCUT2D eigenvalue weighted by Crippen LogP contribution is -2.14. The molecule has 0 saturated carbocycles. The maximum Gasteiger partial charge on any atom is 0.287 e. The monoisotopic (exact) mass is 452 g/mol. The summed E-state index contributed by atoms with van der Waals surface area (Å²) in [7, 11) is 0. The van der Waals surface area contributed by atoms with E-state index in [1.165, 1.54) is 24.3 Å². The largest absolute Gasteiger partial charge is 0.456 e. The van der Waals surface area contributed by atoms with E-state index in [9.17, 15) is 30.3 Å². The number of carbonyl (C=O) groups is 1. The van der Waals surface area contributed by atoms with Gasteiger partial charge in [-0.05, 0) is 42.8 Å². The van der Waals surface area contributed by atoms with Crippen LogP contribution in [0.4, 0.5) is 17.1 Å². The molecule has 0 atom stereocenters. The number of nitro benzene ring substituents is 2. The van der Waals surface area contributed by atoms with Crippen LogP contribution in [0.15, 0.2) is 58.5 Å². The number of anilines is 1. The van der Waals surface area contributed by atoms with Crippen molar-refractivity contribution in [2.75, 3.05) is 5.32 Å². The lowest BCUT2D eigenvalue weighted by molar-refractivity contribution is -0.393.